The molecule has 0 N–H and O–H groups in total. The molecule has 0 bridgehead atoms. The molecule has 4 rings (SSSR count). The third kappa shape index (κ3) is 2.58. The van der Waals surface area contributed by atoms with Crippen LogP contribution in [-0.2, 0) is 11.2 Å². The zero-order valence-electron chi connectivity index (χ0n) is 13.1. The van der Waals surface area contributed by atoms with E-state index in [4.69, 9.17) is 9.26 Å². The van der Waals surface area contributed by atoms with Crippen molar-refractivity contribution in [3.63, 3.8) is 0 Å². The number of likely N-dealkylation sites (tertiary alicyclic amines) is 1. The van der Waals surface area contributed by atoms with Crippen LogP contribution in [0.3, 0.4) is 0 Å². The summed E-state index contributed by atoms with van der Waals surface area (Å²) in [5.74, 6) is 2.03. The summed E-state index contributed by atoms with van der Waals surface area (Å²) in [5.41, 5.74) is 1.10. The van der Waals surface area contributed by atoms with E-state index in [9.17, 15) is 4.79 Å². The highest BCUT2D eigenvalue weighted by atomic mass is 16.5. The molecular formula is C17H19N3O3. The van der Waals surface area contributed by atoms with Gasteiger partial charge in [-0.25, -0.2) is 0 Å². The van der Waals surface area contributed by atoms with E-state index in [1.54, 1.807) is 6.92 Å². The predicted molar refractivity (Wildman–Crippen MR) is 81.9 cm³/mol. The van der Waals surface area contributed by atoms with Gasteiger partial charge in [-0.15, -0.1) is 0 Å². The molecule has 1 amide bonds. The molecule has 0 spiro atoms. The molecule has 2 atom stereocenters. The molecule has 0 radical (unpaired) electrons. The molecule has 2 aliphatic rings. The third-order valence-corrected chi connectivity index (χ3v) is 4.61. The third-order valence-electron chi connectivity index (χ3n) is 4.61. The van der Waals surface area contributed by atoms with Gasteiger partial charge in [0.15, 0.2) is 5.82 Å². The Hall–Kier alpha value is -2.37. The highest BCUT2D eigenvalue weighted by Crippen LogP contribution is 2.34. The number of ether oxygens (including phenoxy) is 1. The maximum Gasteiger partial charge on any atom is 0.230 e. The number of rotatable bonds is 2. The smallest absolute Gasteiger partial charge is 0.230 e. The van der Waals surface area contributed by atoms with Gasteiger partial charge >= 0.3 is 0 Å². The zero-order chi connectivity index (χ0) is 15.8. The first-order chi connectivity index (χ1) is 11.2. The fourth-order valence-electron chi connectivity index (χ4n) is 3.47. The number of para-hydroxylation sites is 1. The summed E-state index contributed by atoms with van der Waals surface area (Å²) < 4.78 is 10.8. The van der Waals surface area contributed by atoms with Crippen LogP contribution in [0.2, 0.25) is 0 Å². The molecule has 0 unspecified atom stereocenters. The SMILES string of the molecule is Cc1nc([C@@H]2CCCN2C(=O)[C@H]2COc3ccccc3C2)no1. The first-order valence-corrected chi connectivity index (χ1v) is 8.04. The van der Waals surface area contributed by atoms with Gasteiger partial charge in [-0.3, -0.25) is 4.79 Å². The van der Waals surface area contributed by atoms with Crippen molar-refractivity contribution in [1.82, 2.24) is 15.0 Å². The topological polar surface area (TPSA) is 68.5 Å². The summed E-state index contributed by atoms with van der Waals surface area (Å²) in [4.78, 5) is 19.2. The zero-order valence-corrected chi connectivity index (χ0v) is 13.1. The Morgan fingerprint density at radius 2 is 2.22 bits per heavy atom. The number of fused-ring (bicyclic) bond motifs is 1. The Balaban J connectivity index is 1.52. The number of aryl methyl sites for hydroxylation is 1. The molecule has 1 aromatic carbocycles. The molecule has 1 saturated heterocycles. The van der Waals surface area contributed by atoms with E-state index in [1.807, 2.05) is 29.2 Å². The van der Waals surface area contributed by atoms with Crippen molar-refractivity contribution in [2.45, 2.75) is 32.2 Å². The van der Waals surface area contributed by atoms with Crippen LogP contribution in [-0.4, -0.2) is 34.1 Å². The maximum absolute atomic E-state index is 13.0. The number of aromatic nitrogens is 2. The molecule has 23 heavy (non-hydrogen) atoms. The Kier molecular flexibility index (Phi) is 3.52. The summed E-state index contributed by atoms with van der Waals surface area (Å²) >= 11 is 0. The lowest BCUT2D eigenvalue weighted by Gasteiger charge is -2.30. The number of benzene rings is 1. The normalized spacial score (nSPS) is 23.4. The van der Waals surface area contributed by atoms with Crippen LogP contribution < -0.4 is 4.74 Å². The molecule has 6 heteroatoms. The fourth-order valence-corrected chi connectivity index (χ4v) is 3.47. The van der Waals surface area contributed by atoms with Crippen LogP contribution in [0, 0.1) is 12.8 Å². The minimum Gasteiger partial charge on any atom is -0.492 e. The average molecular weight is 313 g/mol. The van der Waals surface area contributed by atoms with Crippen LogP contribution >= 0.6 is 0 Å². The second-order valence-corrected chi connectivity index (χ2v) is 6.18. The molecule has 6 nitrogen and oxygen atoms in total. The number of hydrogen-bond donors (Lipinski definition) is 0. The maximum atomic E-state index is 13.0. The van der Waals surface area contributed by atoms with Gasteiger partial charge in [0.1, 0.15) is 12.4 Å². The van der Waals surface area contributed by atoms with Gasteiger partial charge < -0.3 is 14.2 Å². The monoisotopic (exact) mass is 313 g/mol. The van der Waals surface area contributed by atoms with Gasteiger partial charge in [0.05, 0.1) is 12.0 Å². The van der Waals surface area contributed by atoms with E-state index >= 15 is 0 Å². The highest BCUT2D eigenvalue weighted by Gasteiger charge is 2.37. The largest absolute Gasteiger partial charge is 0.492 e. The second-order valence-electron chi connectivity index (χ2n) is 6.18. The van der Waals surface area contributed by atoms with Gasteiger partial charge in [-0.2, -0.15) is 4.98 Å². The van der Waals surface area contributed by atoms with Crippen molar-refractivity contribution in [2.75, 3.05) is 13.2 Å². The number of carbonyl (C=O) groups is 1. The Morgan fingerprint density at radius 3 is 3.04 bits per heavy atom. The minimum atomic E-state index is -0.140. The fraction of sp³-hybridized carbons (Fsp3) is 0.471. The lowest BCUT2D eigenvalue weighted by atomic mass is 9.95. The Morgan fingerprint density at radius 1 is 1.35 bits per heavy atom. The van der Waals surface area contributed by atoms with Crippen LogP contribution in [0.25, 0.3) is 0 Å². The number of hydrogen-bond acceptors (Lipinski definition) is 5. The summed E-state index contributed by atoms with van der Waals surface area (Å²) in [5, 5.41) is 4.00. The quantitative estimate of drug-likeness (QED) is 0.851. The second kappa shape index (κ2) is 5.68. The van der Waals surface area contributed by atoms with Crippen LogP contribution in [0.15, 0.2) is 28.8 Å². The molecule has 2 aromatic rings. The van der Waals surface area contributed by atoms with E-state index in [0.717, 1.165) is 37.1 Å². The lowest BCUT2D eigenvalue weighted by Crippen LogP contribution is -2.40. The summed E-state index contributed by atoms with van der Waals surface area (Å²) in [6.45, 7) is 2.95. The summed E-state index contributed by atoms with van der Waals surface area (Å²) in [7, 11) is 0. The van der Waals surface area contributed by atoms with Gasteiger partial charge in [0.25, 0.3) is 0 Å². The molecule has 1 aromatic heterocycles. The summed E-state index contributed by atoms with van der Waals surface area (Å²) in [6.07, 6.45) is 2.58. The molecule has 2 aliphatic heterocycles. The van der Waals surface area contributed by atoms with Crippen molar-refractivity contribution in [3.8, 4) is 5.75 Å². The standard InChI is InChI=1S/C17H19N3O3/c1-11-18-16(19-23-11)14-6-4-8-20(14)17(21)13-9-12-5-2-3-7-15(12)22-10-13/h2-3,5,7,13-14H,4,6,8-10H2,1H3/t13-,14+/m1/s1. The number of amides is 1. The molecule has 3 heterocycles. The predicted octanol–water partition coefficient (Wildman–Crippen LogP) is 2.29. The van der Waals surface area contributed by atoms with Crippen molar-refractivity contribution in [3.05, 3.63) is 41.5 Å². The molecule has 1 fully saturated rings. The van der Waals surface area contributed by atoms with E-state index in [2.05, 4.69) is 10.1 Å². The Labute approximate surface area is 134 Å². The van der Waals surface area contributed by atoms with Crippen LogP contribution in [0.1, 0.15) is 36.2 Å². The molecular weight excluding hydrogens is 294 g/mol. The van der Waals surface area contributed by atoms with Gasteiger partial charge in [0.2, 0.25) is 11.8 Å². The number of nitrogens with zero attached hydrogens (tertiary/aromatic N) is 3. The Bertz CT molecular complexity index is 727. The van der Waals surface area contributed by atoms with Crippen molar-refractivity contribution in [1.29, 1.82) is 0 Å². The van der Waals surface area contributed by atoms with Gasteiger partial charge in [-0.1, -0.05) is 23.4 Å². The average Bonchev–Trinajstić information content (AvgIpc) is 3.22. The van der Waals surface area contributed by atoms with Gasteiger partial charge in [0, 0.05) is 13.5 Å². The highest BCUT2D eigenvalue weighted by molar-refractivity contribution is 5.80. The van der Waals surface area contributed by atoms with Crippen molar-refractivity contribution >= 4 is 5.91 Å². The van der Waals surface area contributed by atoms with Crippen molar-refractivity contribution < 1.29 is 14.1 Å². The summed E-state index contributed by atoms with van der Waals surface area (Å²) in [6, 6.07) is 7.85. The molecule has 0 saturated carbocycles. The first kappa shape index (κ1) is 14.2. The van der Waals surface area contributed by atoms with E-state index in [0.29, 0.717) is 18.3 Å². The minimum absolute atomic E-state index is 0.0721. The number of carbonyl (C=O) groups excluding carboxylic acids is 1. The van der Waals surface area contributed by atoms with Crippen molar-refractivity contribution in [2.24, 2.45) is 5.92 Å². The molecule has 120 valence electrons. The van der Waals surface area contributed by atoms with E-state index in [-0.39, 0.29) is 17.9 Å². The first-order valence-electron chi connectivity index (χ1n) is 8.04. The van der Waals surface area contributed by atoms with Crippen LogP contribution in [0.5, 0.6) is 5.75 Å². The van der Waals surface area contributed by atoms with E-state index in [1.165, 1.54) is 0 Å². The van der Waals surface area contributed by atoms with Gasteiger partial charge in [-0.05, 0) is 30.9 Å². The lowest BCUT2D eigenvalue weighted by molar-refractivity contribution is -0.138. The van der Waals surface area contributed by atoms with E-state index < -0.39 is 0 Å². The van der Waals surface area contributed by atoms with Crippen LogP contribution in [0.4, 0.5) is 0 Å². The molecule has 0 aliphatic carbocycles.